The van der Waals surface area contributed by atoms with Crippen LogP contribution in [-0.4, -0.2) is 31.4 Å². The third-order valence-electron chi connectivity index (χ3n) is 4.62. The van der Waals surface area contributed by atoms with Gasteiger partial charge in [-0.05, 0) is 30.5 Å². The second-order valence-corrected chi connectivity index (χ2v) is 6.36. The summed E-state index contributed by atoms with van der Waals surface area (Å²) in [6.45, 7) is 4.53. The summed E-state index contributed by atoms with van der Waals surface area (Å²) < 4.78 is 0. The van der Waals surface area contributed by atoms with Crippen molar-refractivity contribution in [3.05, 3.63) is 57.5 Å². The average Bonchev–Trinajstić information content (AvgIpc) is 2.98. The van der Waals surface area contributed by atoms with Crippen LogP contribution in [0.25, 0.3) is 11.0 Å². The van der Waals surface area contributed by atoms with Crippen LogP contribution in [0, 0.1) is 0 Å². The molecule has 3 aromatic heterocycles. The lowest BCUT2D eigenvalue weighted by molar-refractivity contribution is 0.241. The fourth-order valence-corrected chi connectivity index (χ4v) is 3.42. The Morgan fingerprint density at radius 3 is 3.17 bits per heavy atom. The predicted molar refractivity (Wildman–Crippen MR) is 92.8 cm³/mol. The zero-order chi connectivity index (χ0) is 16.5. The Kier molecular flexibility index (Phi) is 3.90. The number of H-pyrrole nitrogens is 2. The van der Waals surface area contributed by atoms with Crippen molar-refractivity contribution in [1.82, 2.24) is 24.8 Å². The molecule has 0 aromatic carbocycles. The average molecular weight is 323 g/mol. The van der Waals surface area contributed by atoms with Crippen molar-refractivity contribution in [3.8, 4) is 0 Å². The van der Waals surface area contributed by atoms with Crippen LogP contribution in [0.2, 0.25) is 0 Å². The summed E-state index contributed by atoms with van der Waals surface area (Å²) in [6.07, 6.45) is 6.38. The van der Waals surface area contributed by atoms with E-state index in [-0.39, 0.29) is 5.56 Å². The molecular formula is C18H21N5O. The summed E-state index contributed by atoms with van der Waals surface area (Å²) in [4.78, 5) is 29.8. The summed E-state index contributed by atoms with van der Waals surface area (Å²) in [5, 5.41) is 1.16. The lowest BCUT2D eigenvalue weighted by atomic mass is 10.1. The molecule has 0 spiro atoms. The van der Waals surface area contributed by atoms with E-state index in [2.05, 4.69) is 37.8 Å². The maximum absolute atomic E-state index is 12.2. The van der Waals surface area contributed by atoms with Crippen molar-refractivity contribution in [2.45, 2.75) is 39.3 Å². The third kappa shape index (κ3) is 2.73. The number of hydrogen-bond donors (Lipinski definition) is 2. The molecule has 0 fully saturated rings. The summed E-state index contributed by atoms with van der Waals surface area (Å²) in [7, 11) is 0. The first kappa shape index (κ1) is 15.1. The zero-order valence-electron chi connectivity index (χ0n) is 13.8. The van der Waals surface area contributed by atoms with Crippen LogP contribution in [-0.2, 0) is 25.9 Å². The summed E-state index contributed by atoms with van der Waals surface area (Å²) in [6, 6.07) is 4.05. The van der Waals surface area contributed by atoms with Gasteiger partial charge in [-0.2, -0.15) is 0 Å². The minimum atomic E-state index is 0.0411. The van der Waals surface area contributed by atoms with Crippen LogP contribution in [0.3, 0.4) is 0 Å². The predicted octanol–water partition coefficient (Wildman–Crippen LogP) is 2.16. The second kappa shape index (κ2) is 6.20. The number of nitrogens with one attached hydrogen (secondary N) is 2. The smallest absolute Gasteiger partial charge is 0.254 e. The molecule has 124 valence electrons. The summed E-state index contributed by atoms with van der Waals surface area (Å²) in [5.41, 5.74) is 3.99. The highest BCUT2D eigenvalue weighted by Gasteiger charge is 2.21. The molecule has 4 heterocycles. The van der Waals surface area contributed by atoms with Crippen molar-refractivity contribution in [2.24, 2.45) is 0 Å². The van der Waals surface area contributed by atoms with E-state index in [0.717, 1.165) is 67.0 Å². The van der Waals surface area contributed by atoms with Crippen molar-refractivity contribution in [1.29, 1.82) is 0 Å². The Balaban J connectivity index is 1.58. The van der Waals surface area contributed by atoms with Crippen LogP contribution in [0.5, 0.6) is 0 Å². The fraction of sp³-hybridized carbons (Fsp3) is 0.389. The molecule has 2 N–H and O–H groups in total. The number of pyridine rings is 1. The van der Waals surface area contributed by atoms with Gasteiger partial charge in [-0.1, -0.05) is 6.92 Å². The van der Waals surface area contributed by atoms with Gasteiger partial charge in [0, 0.05) is 49.4 Å². The third-order valence-corrected chi connectivity index (χ3v) is 4.62. The van der Waals surface area contributed by atoms with Crippen molar-refractivity contribution >= 4 is 11.0 Å². The molecular weight excluding hydrogens is 302 g/mol. The maximum atomic E-state index is 12.2. The van der Waals surface area contributed by atoms with Crippen LogP contribution < -0.4 is 5.56 Å². The molecule has 0 saturated heterocycles. The number of rotatable bonds is 4. The molecule has 6 nitrogen and oxygen atoms in total. The van der Waals surface area contributed by atoms with E-state index in [4.69, 9.17) is 0 Å². The van der Waals surface area contributed by atoms with E-state index in [0.29, 0.717) is 0 Å². The van der Waals surface area contributed by atoms with E-state index in [1.807, 2.05) is 12.3 Å². The van der Waals surface area contributed by atoms with E-state index >= 15 is 0 Å². The van der Waals surface area contributed by atoms with Gasteiger partial charge in [0.05, 0.1) is 5.69 Å². The first-order chi connectivity index (χ1) is 11.7. The Morgan fingerprint density at radius 2 is 2.29 bits per heavy atom. The number of hydrogen-bond acceptors (Lipinski definition) is 4. The highest BCUT2D eigenvalue weighted by molar-refractivity contribution is 5.79. The van der Waals surface area contributed by atoms with E-state index in [1.165, 1.54) is 5.56 Å². The largest absolute Gasteiger partial charge is 0.346 e. The number of fused-ring (bicyclic) bond motifs is 2. The van der Waals surface area contributed by atoms with Gasteiger partial charge in [-0.25, -0.2) is 9.97 Å². The van der Waals surface area contributed by atoms with Crippen molar-refractivity contribution in [3.63, 3.8) is 0 Å². The molecule has 0 bridgehead atoms. The molecule has 0 atom stereocenters. The summed E-state index contributed by atoms with van der Waals surface area (Å²) >= 11 is 0. The molecule has 4 rings (SSSR count). The SMILES string of the molecule is CCCc1nc2c(c(=O)[nH]1)CCN(Cc1c[nH]c3ncccc13)C2. The standard InChI is InChI=1S/C18H21N5O/c1-2-4-16-21-15-11-23(8-6-14(15)18(24)22-16)10-12-9-20-17-13(12)5-3-7-19-17/h3,5,7,9H,2,4,6,8,10-11H2,1H3,(H,19,20)(H,21,22,24). The lowest BCUT2D eigenvalue weighted by Crippen LogP contribution is -2.35. The topological polar surface area (TPSA) is 77.7 Å². The quantitative estimate of drug-likeness (QED) is 0.771. The minimum Gasteiger partial charge on any atom is -0.346 e. The lowest BCUT2D eigenvalue weighted by Gasteiger charge is -2.27. The van der Waals surface area contributed by atoms with E-state index in [9.17, 15) is 4.79 Å². The second-order valence-electron chi connectivity index (χ2n) is 6.36. The molecule has 0 unspecified atom stereocenters. The van der Waals surface area contributed by atoms with Crippen LogP contribution in [0.4, 0.5) is 0 Å². The van der Waals surface area contributed by atoms with Gasteiger partial charge in [-0.3, -0.25) is 9.69 Å². The highest BCUT2D eigenvalue weighted by Crippen LogP contribution is 2.21. The molecule has 1 aliphatic rings. The number of aromatic nitrogens is 4. The number of aryl methyl sites for hydroxylation is 1. The van der Waals surface area contributed by atoms with Crippen LogP contribution >= 0.6 is 0 Å². The van der Waals surface area contributed by atoms with Gasteiger partial charge in [0.1, 0.15) is 11.5 Å². The molecule has 0 saturated carbocycles. The Labute approximate surface area is 140 Å². The van der Waals surface area contributed by atoms with Crippen molar-refractivity contribution < 1.29 is 0 Å². The Morgan fingerprint density at radius 1 is 1.38 bits per heavy atom. The van der Waals surface area contributed by atoms with Gasteiger partial charge in [-0.15, -0.1) is 0 Å². The van der Waals surface area contributed by atoms with Crippen LogP contribution in [0.15, 0.2) is 29.3 Å². The molecule has 24 heavy (non-hydrogen) atoms. The van der Waals surface area contributed by atoms with Crippen LogP contribution in [0.1, 0.15) is 36.0 Å². The highest BCUT2D eigenvalue weighted by atomic mass is 16.1. The maximum Gasteiger partial charge on any atom is 0.254 e. The Bertz CT molecular complexity index is 927. The number of aromatic amines is 2. The Hall–Kier alpha value is -2.47. The fourth-order valence-electron chi connectivity index (χ4n) is 3.42. The first-order valence-corrected chi connectivity index (χ1v) is 8.49. The molecule has 3 aromatic rings. The van der Waals surface area contributed by atoms with E-state index < -0.39 is 0 Å². The minimum absolute atomic E-state index is 0.0411. The first-order valence-electron chi connectivity index (χ1n) is 8.49. The van der Waals surface area contributed by atoms with Gasteiger partial charge in [0.25, 0.3) is 5.56 Å². The van der Waals surface area contributed by atoms with Gasteiger partial charge < -0.3 is 9.97 Å². The number of nitrogens with zero attached hydrogens (tertiary/aromatic N) is 3. The van der Waals surface area contributed by atoms with E-state index in [1.54, 1.807) is 6.20 Å². The molecule has 1 aliphatic heterocycles. The summed E-state index contributed by atoms with van der Waals surface area (Å²) in [5.74, 6) is 0.805. The van der Waals surface area contributed by atoms with Gasteiger partial charge in [0.15, 0.2) is 0 Å². The monoisotopic (exact) mass is 323 g/mol. The molecule has 0 radical (unpaired) electrons. The molecule has 0 aliphatic carbocycles. The molecule has 6 heteroatoms. The normalized spacial score (nSPS) is 14.9. The van der Waals surface area contributed by atoms with Gasteiger partial charge in [0.2, 0.25) is 0 Å². The molecule has 0 amide bonds. The zero-order valence-corrected chi connectivity index (χ0v) is 13.8. The van der Waals surface area contributed by atoms with Crippen molar-refractivity contribution in [2.75, 3.05) is 6.54 Å². The van der Waals surface area contributed by atoms with Gasteiger partial charge >= 0.3 is 0 Å².